The van der Waals surface area contributed by atoms with Crippen LogP contribution in [0.1, 0.15) is 25.7 Å². The van der Waals surface area contributed by atoms with Crippen LogP contribution in [-0.4, -0.2) is 41.4 Å². The fourth-order valence-corrected chi connectivity index (χ4v) is 3.52. The van der Waals surface area contributed by atoms with Crippen LogP contribution in [0.2, 0.25) is 5.02 Å². The number of aliphatic hydroxyl groups excluding tert-OH is 1. The molecule has 1 atom stereocenters. The Morgan fingerprint density at radius 2 is 2.14 bits per heavy atom. The third-order valence-electron chi connectivity index (χ3n) is 3.75. The summed E-state index contributed by atoms with van der Waals surface area (Å²) in [5.74, 6) is 1.43. The standard InChI is InChI=1S/C16H22ClNO2S/c17-14-5-7-15(8-6-14)21-10-2-4-16(20)18-9-1-3-13(11-18)12-19/h5-8,13,19H,1-4,9-12H2. The lowest BCUT2D eigenvalue weighted by Crippen LogP contribution is -2.40. The molecule has 0 saturated carbocycles. The molecule has 1 unspecified atom stereocenters. The molecule has 0 radical (unpaired) electrons. The molecule has 0 spiro atoms. The van der Waals surface area contributed by atoms with Crippen molar-refractivity contribution >= 4 is 29.3 Å². The first-order valence-electron chi connectivity index (χ1n) is 7.46. The summed E-state index contributed by atoms with van der Waals surface area (Å²) < 4.78 is 0. The van der Waals surface area contributed by atoms with Crippen LogP contribution in [0, 0.1) is 5.92 Å². The van der Waals surface area contributed by atoms with Gasteiger partial charge in [0.15, 0.2) is 0 Å². The Bertz CT molecular complexity index is 452. The van der Waals surface area contributed by atoms with Gasteiger partial charge in [-0.05, 0) is 55.2 Å². The van der Waals surface area contributed by atoms with E-state index >= 15 is 0 Å². The number of benzene rings is 1. The van der Waals surface area contributed by atoms with Crippen molar-refractivity contribution in [1.82, 2.24) is 4.90 Å². The number of nitrogens with zero attached hydrogens (tertiary/aromatic N) is 1. The van der Waals surface area contributed by atoms with Crippen LogP contribution in [-0.2, 0) is 4.79 Å². The maximum absolute atomic E-state index is 12.1. The molecule has 1 fully saturated rings. The molecule has 5 heteroatoms. The number of amides is 1. The Balaban J connectivity index is 1.66. The van der Waals surface area contributed by atoms with Crippen molar-refractivity contribution in [1.29, 1.82) is 0 Å². The Labute approximate surface area is 135 Å². The zero-order chi connectivity index (χ0) is 15.1. The Morgan fingerprint density at radius 3 is 2.86 bits per heavy atom. The fraction of sp³-hybridized carbons (Fsp3) is 0.562. The van der Waals surface area contributed by atoms with Crippen LogP contribution in [0.25, 0.3) is 0 Å². The van der Waals surface area contributed by atoms with Gasteiger partial charge in [0, 0.05) is 36.0 Å². The SMILES string of the molecule is O=C(CCCSc1ccc(Cl)cc1)N1CCCC(CO)C1. The average Bonchev–Trinajstić information content (AvgIpc) is 2.53. The molecule has 21 heavy (non-hydrogen) atoms. The summed E-state index contributed by atoms with van der Waals surface area (Å²) >= 11 is 7.60. The number of aliphatic hydroxyl groups is 1. The van der Waals surface area contributed by atoms with Crippen molar-refractivity contribution in [3.63, 3.8) is 0 Å². The smallest absolute Gasteiger partial charge is 0.222 e. The van der Waals surface area contributed by atoms with E-state index in [1.54, 1.807) is 11.8 Å². The molecule has 0 aliphatic carbocycles. The quantitative estimate of drug-likeness (QED) is 0.642. The van der Waals surface area contributed by atoms with Gasteiger partial charge in [-0.3, -0.25) is 4.79 Å². The molecule has 1 N–H and O–H groups in total. The second-order valence-electron chi connectivity index (χ2n) is 5.44. The van der Waals surface area contributed by atoms with E-state index in [4.69, 9.17) is 11.6 Å². The molecule has 1 amide bonds. The number of piperidine rings is 1. The molecule has 0 bridgehead atoms. The van der Waals surface area contributed by atoms with Gasteiger partial charge >= 0.3 is 0 Å². The molecule has 1 aliphatic heterocycles. The van der Waals surface area contributed by atoms with Crippen molar-refractivity contribution in [3.05, 3.63) is 29.3 Å². The summed E-state index contributed by atoms with van der Waals surface area (Å²) in [6, 6.07) is 7.78. The molecule has 3 nitrogen and oxygen atoms in total. The van der Waals surface area contributed by atoms with E-state index in [0.717, 1.165) is 43.1 Å². The highest BCUT2D eigenvalue weighted by molar-refractivity contribution is 7.99. The average molecular weight is 328 g/mol. The largest absolute Gasteiger partial charge is 0.396 e. The lowest BCUT2D eigenvalue weighted by atomic mass is 9.99. The normalized spacial score (nSPS) is 18.8. The Kier molecular flexibility index (Phi) is 6.87. The maximum atomic E-state index is 12.1. The number of hydrogen-bond acceptors (Lipinski definition) is 3. The van der Waals surface area contributed by atoms with Gasteiger partial charge in [-0.25, -0.2) is 0 Å². The predicted octanol–water partition coefficient (Wildman–Crippen LogP) is 3.44. The molecule has 2 rings (SSSR count). The maximum Gasteiger partial charge on any atom is 0.222 e. The highest BCUT2D eigenvalue weighted by atomic mass is 35.5. The van der Waals surface area contributed by atoms with Crippen LogP contribution in [0.5, 0.6) is 0 Å². The highest BCUT2D eigenvalue weighted by Crippen LogP contribution is 2.22. The molecule has 116 valence electrons. The van der Waals surface area contributed by atoms with Gasteiger partial charge < -0.3 is 10.0 Å². The first-order chi connectivity index (χ1) is 10.2. The van der Waals surface area contributed by atoms with Gasteiger partial charge in [0.05, 0.1) is 0 Å². The van der Waals surface area contributed by atoms with Gasteiger partial charge in [0.2, 0.25) is 5.91 Å². The van der Waals surface area contributed by atoms with Crippen LogP contribution in [0.15, 0.2) is 29.2 Å². The van der Waals surface area contributed by atoms with Gasteiger partial charge in [-0.2, -0.15) is 0 Å². The van der Waals surface area contributed by atoms with Crippen LogP contribution < -0.4 is 0 Å². The van der Waals surface area contributed by atoms with Gasteiger partial charge in [0.25, 0.3) is 0 Å². The minimum Gasteiger partial charge on any atom is -0.396 e. The predicted molar refractivity (Wildman–Crippen MR) is 87.8 cm³/mol. The zero-order valence-corrected chi connectivity index (χ0v) is 13.7. The van der Waals surface area contributed by atoms with Crippen LogP contribution in [0.3, 0.4) is 0 Å². The number of carbonyl (C=O) groups is 1. The monoisotopic (exact) mass is 327 g/mol. The van der Waals surface area contributed by atoms with E-state index in [1.807, 2.05) is 29.2 Å². The number of rotatable bonds is 6. The third kappa shape index (κ3) is 5.53. The van der Waals surface area contributed by atoms with Crippen molar-refractivity contribution < 1.29 is 9.90 Å². The fourth-order valence-electron chi connectivity index (χ4n) is 2.54. The number of halogens is 1. The van der Waals surface area contributed by atoms with E-state index in [1.165, 1.54) is 4.90 Å². The summed E-state index contributed by atoms with van der Waals surface area (Å²) in [7, 11) is 0. The lowest BCUT2D eigenvalue weighted by molar-refractivity contribution is -0.133. The van der Waals surface area contributed by atoms with Crippen LogP contribution >= 0.6 is 23.4 Å². The molecule has 1 aromatic carbocycles. The second-order valence-corrected chi connectivity index (χ2v) is 7.04. The topological polar surface area (TPSA) is 40.5 Å². The van der Waals surface area contributed by atoms with E-state index in [-0.39, 0.29) is 18.4 Å². The van der Waals surface area contributed by atoms with Crippen molar-refractivity contribution in [2.24, 2.45) is 5.92 Å². The van der Waals surface area contributed by atoms with Crippen molar-refractivity contribution in [2.75, 3.05) is 25.4 Å². The van der Waals surface area contributed by atoms with Crippen molar-refractivity contribution in [3.8, 4) is 0 Å². The minimum atomic E-state index is 0.191. The van der Waals surface area contributed by atoms with Gasteiger partial charge in [-0.15, -0.1) is 11.8 Å². The minimum absolute atomic E-state index is 0.191. The first-order valence-corrected chi connectivity index (χ1v) is 8.82. The summed E-state index contributed by atoms with van der Waals surface area (Å²) in [5, 5.41) is 9.95. The molecule has 1 saturated heterocycles. The third-order valence-corrected chi connectivity index (χ3v) is 5.10. The van der Waals surface area contributed by atoms with Gasteiger partial charge in [0.1, 0.15) is 0 Å². The molecule has 0 aromatic heterocycles. The molecular weight excluding hydrogens is 306 g/mol. The Hall–Kier alpha value is -0.710. The number of thioether (sulfide) groups is 1. The summed E-state index contributed by atoms with van der Waals surface area (Å²) in [6.45, 7) is 1.76. The van der Waals surface area contributed by atoms with E-state index in [9.17, 15) is 9.90 Å². The van der Waals surface area contributed by atoms with E-state index in [0.29, 0.717) is 6.42 Å². The van der Waals surface area contributed by atoms with Crippen molar-refractivity contribution in [2.45, 2.75) is 30.6 Å². The highest BCUT2D eigenvalue weighted by Gasteiger charge is 2.22. The Morgan fingerprint density at radius 1 is 1.38 bits per heavy atom. The summed E-state index contributed by atoms with van der Waals surface area (Å²) in [5.41, 5.74) is 0. The van der Waals surface area contributed by atoms with E-state index < -0.39 is 0 Å². The molecule has 1 aliphatic rings. The zero-order valence-electron chi connectivity index (χ0n) is 12.1. The second kappa shape index (κ2) is 8.66. The molecule has 1 heterocycles. The van der Waals surface area contributed by atoms with E-state index in [2.05, 4.69) is 0 Å². The van der Waals surface area contributed by atoms with Crippen LogP contribution in [0.4, 0.5) is 0 Å². The summed E-state index contributed by atoms with van der Waals surface area (Å²) in [4.78, 5) is 15.2. The number of hydrogen-bond donors (Lipinski definition) is 1. The lowest BCUT2D eigenvalue weighted by Gasteiger charge is -2.31. The molecular formula is C16H22ClNO2S. The van der Waals surface area contributed by atoms with Gasteiger partial charge in [-0.1, -0.05) is 11.6 Å². The summed E-state index contributed by atoms with van der Waals surface area (Å²) in [6.07, 6.45) is 3.52. The molecule has 1 aromatic rings. The number of carbonyl (C=O) groups excluding carboxylic acids is 1. The first kappa shape index (κ1) is 16.7. The number of likely N-dealkylation sites (tertiary alicyclic amines) is 1.